The summed E-state index contributed by atoms with van der Waals surface area (Å²) in [6, 6.07) is 6.29. The first-order chi connectivity index (χ1) is 10.7. The Kier molecular flexibility index (Phi) is 4.62. The molecule has 5 heteroatoms. The number of aliphatic hydroxyl groups is 1. The van der Waals surface area contributed by atoms with Crippen LogP contribution in [0.1, 0.15) is 37.3 Å². The van der Waals surface area contributed by atoms with Gasteiger partial charge in [-0.05, 0) is 55.2 Å². The van der Waals surface area contributed by atoms with Gasteiger partial charge in [-0.2, -0.15) is 0 Å². The van der Waals surface area contributed by atoms with Gasteiger partial charge in [-0.15, -0.1) is 0 Å². The van der Waals surface area contributed by atoms with Crippen LogP contribution in [0, 0.1) is 17.7 Å². The summed E-state index contributed by atoms with van der Waals surface area (Å²) in [6.07, 6.45) is 4.11. The van der Waals surface area contributed by atoms with Crippen molar-refractivity contribution in [3.05, 3.63) is 35.6 Å². The molecule has 1 aliphatic carbocycles. The number of hydrogen-bond donors (Lipinski definition) is 2. The van der Waals surface area contributed by atoms with E-state index in [1.54, 1.807) is 17.0 Å². The first-order valence-corrected chi connectivity index (χ1v) is 8.09. The fourth-order valence-electron chi connectivity index (χ4n) is 3.20. The first kappa shape index (κ1) is 15.3. The lowest BCUT2D eigenvalue weighted by atomic mass is 9.99. The summed E-state index contributed by atoms with van der Waals surface area (Å²) in [5.74, 6) is 0.379. The maximum Gasteiger partial charge on any atom is 0.317 e. The number of carbonyl (C=O) groups excluding carboxylic acids is 1. The van der Waals surface area contributed by atoms with Gasteiger partial charge in [0.1, 0.15) is 5.82 Å². The van der Waals surface area contributed by atoms with Gasteiger partial charge in [-0.25, -0.2) is 9.18 Å². The van der Waals surface area contributed by atoms with Gasteiger partial charge in [-0.3, -0.25) is 0 Å². The van der Waals surface area contributed by atoms with E-state index in [0.717, 1.165) is 37.8 Å². The summed E-state index contributed by atoms with van der Waals surface area (Å²) in [7, 11) is 0. The van der Waals surface area contributed by atoms with Gasteiger partial charge in [0.25, 0.3) is 0 Å². The Balaban J connectivity index is 1.66. The molecule has 120 valence electrons. The zero-order valence-corrected chi connectivity index (χ0v) is 12.7. The number of piperidine rings is 1. The molecule has 2 unspecified atom stereocenters. The van der Waals surface area contributed by atoms with E-state index in [1.807, 2.05) is 0 Å². The molecule has 0 radical (unpaired) electrons. The average molecular weight is 306 g/mol. The highest BCUT2D eigenvalue weighted by Gasteiger charge is 2.35. The highest BCUT2D eigenvalue weighted by molar-refractivity contribution is 5.75. The van der Waals surface area contributed by atoms with Crippen molar-refractivity contribution in [2.45, 2.75) is 31.7 Å². The Bertz CT molecular complexity index is 516. The van der Waals surface area contributed by atoms with Crippen LogP contribution in [0.5, 0.6) is 0 Å². The number of hydrogen-bond acceptors (Lipinski definition) is 2. The molecule has 2 aliphatic rings. The monoisotopic (exact) mass is 306 g/mol. The van der Waals surface area contributed by atoms with Gasteiger partial charge in [0, 0.05) is 19.7 Å². The Morgan fingerprint density at radius 1 is 1.32 bits per heavy atom. The summed E-state index contributed by atoms with van der Waals surface area (Å²) in [5, 5.41) is 12.4. The minimum absolute atomic E-state index is 0.0393. The van der Waals surface area contributed by atoms with Crippen LogP contribution >= 0.6 is 0 Å². The average Bonchev–Trinajstić information content (AvgIpc) is 3.38. The lowest BCUT2D eigenvalue weighted by molar-refractivity contribution is 0.127. The molecule has 1 saturated heterocycles. The third kappa shape index (κ3) is 3.58. The van der Waals surface area contributed by atoms with Crippen LogP contribution in [0.4, 0.5) is 9.18 Å². The zero-order chi connectivity index (χ0) is 15.5. The Hall–Kier alpha value is -1.62. The molecule has 2 N–H and O–H groups in total. The molecule has 22 heavy (non-hydrogen) atoms. The van der Waals surface area contributed by atoms with Crippen molar-refractivity contribution in [3.8, 4) is 0 Å². The molecule has 1 aromatic carbocycles. The van der Waals surface area contributed by atoms with Crippen molar-refractivity contribution in [2.24, 2.45) is 11.8 Å². The third-order valence-corrected chi connectivity index (χ3v) is 4.67. The normalized spacial score (nSPS) is 23.2. The van der Waals surface area contributed by atoms with E-state index in [9.17, 15) is 14.3 Å². The summed E-state index contributed by atoms with van der Waals surface area (Å²) < 4.78 is 13.1. The molecule has 0 bridgehead atoms. The smallest absolute Gasteiger partial charge is 0.317 e. The van der Waals surface area contributed by atoms with Crippen molar-refractivity contribution >= 4 is 6.03 Å². The van der Waals surface area contributed by atoms with Gasteiger partial charge in [0.2, 0.25) is 0 Å². The van der Waals surface area contributed by atoms with Crippen LogP contribution in [0.2, 0.25) is 0 Å². The summed E-state index contributed by atoms with van der Waals surface area (Å²) >= 11 is 0. The highest BCUT2D eigenvalue weighted by atomic mass is 19.1. The maximum atomic E-state index is 13.1. The number of nitrogens with one attached hydrogen (secondary N) is 1. The molecule has 2 amide bonds. The van der Waals surface area contributed by atoms with Crippen molar-refractivity contribution in [1.29, 1.82) is 0 Å². The first-order valence-electron chi connectivity index (χ1n) is 8.09. The second kappa shape index (κ2) is 6.65. The molecular weight excluding hydrogens is 283 g/mol. The molecule has 1 aliphatic heterocycles. The minimum atomic E-state index is -0.258. The SMILES string of the molecule is O=C(NC(c1ccc(F)cc1)C1CC1)N1CCCC(CO)C1. The van der Waals surface area contributed by atoms with Crippen molar-refractivity contribution < 1.29 is 14.3 Å². The van der Waals surface area contributed by atoms with Crippen LogP contribution < -0.4 is 5.32 Å². The van der Waals surface area contributed by atoms with Gasteiger partial charge < -0.3 is 15.3 Å². The number of aliphatic hydroxyl groups excluding tert-OH is 1. The van der Waals surface area contributed by atoms with E-state index in [0.29, 0.717) is 12.5 Å². The number of carbonyl (C=O) groups is 1. The summed E-state index contributed by atoms with van der Waals surface area (Å²) in [4.78, 5) is 14.3. The number of likely N-dealkylation sites (tertiary alicyclic amines) is 1. The van der Waals surface area contributed by atoms with Crippen LogP contribution in [0.15, 0.2) is 24.3 Å². The number of urea groups is 1. The van der Waals surface area contributed by atoms with E-state index in [1.165, 1.54) is 12.1 Å². The second-order valence-corrected chi connectivity index (χ2v) is 6.45. The molecule has 1 saturated carbocycles. The quantitative estimate of drug-likeness (QED) is 0.898. The maximum absolute atomic E-state index is 13.1. The van der Waals surface area contributed by atoms with Crippen molar-refractivity contribution in [1.82, 2.24) is 10.2 Å². The fraction of sp³-hybridized carbons (Fsp3) is 0.588. The number of nitrogens with zero attached hydrogens (tertiary/aromatic N) is 1. The molecule has 0 spiro atoms. The number of rotatable bonds is 4. The molecule has 4 nitrogen and oxygen atoms in total. The van der Waals surface area contributed by atoms with Crippen LogP contribution in [-0.4, -0.2) is 35.7 Å². The topological polar surface area (TPSA) is 52.6 Å². The van der Waals surface area contributed by atoms with Crippen molar-refractivity contribution in [3.63, 3.8) is 0 Å². The largest absolute Gasteiger partial charge is 0.396 e. The van der Waals surface area contributed by atoms with E-state index < -0.39 is 0 Å². The predicted octanol–water partition coefficient (Wildman–Crippen LogP) is 2.69. The molecule has 3 rings (SSSR count). The lowest BCUT2D eigenvalue weighted by Gasteiger charge is -2.33. The van der Waals surface area contributed by atoms with Gasteiger partial charge >= 0.3 is 6.03 Å². The minimum Gasteiger partial charge on any atom is -0.396 e. The van der Waals surface area contributed by atoms with Crippen LogP contribution in [-0.2, 0) is 0 Å². The molecule has 1 aromatic rings. The molecule has 1 heterocycles. The van der Waals surface area contributed by atoms with Crippen LogP contribution in [0.3, 0.4) is 0 Å². The molecular formula is C17H23FN2O2. The second-order valence-electron chi connectivity index (χ2n) is 6.45. The van der Waals surface area contributed by atoms with Crippen molar-refractivity contribution in [2.75, 3.05) is 19.7 Å². The van der Waals surface area contributed by atoms with E-state index >= 15 is 0 Å². The van der Waals surface area contributed by atoms with E-state index in [4.69, 9.17) is 0 Å². The summed E-state index contributed by atoms with van der Waals surface area (Å²) in [6.45, 7) is 1.49. The zero-order valence-electron chi connectivity index (χ0n) is 12.7. The number of halogens is 1. The molecule has 0 aromatic heterocycles. The number of benzene rings is 1. The third-order valence-electron chi connectivity index (χ3n) is 4.67. The van der Waals surface area contributed by atoms with Crippen LogP contribution in [0.25, 0.3) is 0 Å². The number of amides is 2. The van der Waals surface area contributed by atoms with Gasteiger partial charge in [0.05, 0.1) is 6.04 Å². The van der Waals surface area contributed by atoms with Gasteiger partial charge in [-0.1, -0.05) is 12.1 Å². The standard InChI is InChI=1S/C17H23FN2O2/c18-15-7-5-14(6-8-15)16(13-3-4-13)19-17(22)20-9-1-2-12(10-20)11-21/h5-8,12-13,16,21H,1-4,9-11H2,(H,19,22). The highest BCUT2D eigenvalue weighted by Crippen LogP contribution is 2.41. The molecule has 2 fully saturated rings. The Morgan fingerprint density at radius 2 is 2.05 bits per heavy atom. The predicted molar refractivity (Wildman–Crippen MR) is 81.8 cm³/mol. The lowest BCUT2D eigenvalue weighted by Crippen LogP contribution is -2.47. The van der Waals surface area contributed by atoms with E-state index in [-0.39, 0.29) is 30.4 Å². The van der Waals surface area contributed by atoms with E-state index in [2.05, 4.69) is 5.32 Å². The Morgan fingerprint density at radius 3 is 2.68 bits per heavy atom. The Labute approximate surface area is 130 Å². The van der Waals surface area contributed by atoms with Gasteiger partial charge in [0.15, 0.2) is 0 Å². The molecule has 2 atom stereocenters. The fourth-order valence-corrected chi connectivity index (χ4v) is 3.20. The summed E-state index contributed by atoms with van der Waals surface area (Å²) in [5.41, 5.74) is 0.966.